The Morgan fingerprint density at radius 1 is 1.53 bits per heavy atom. The number of aromatic nitrogens is 1. The van der Waals surface area contributed by atoms with Crippen LogP contribution in [-0.2, 0) is 0 Å². The molecule has 96 valence electrons. The Morgan fingerprint density at radius 3 is 2.88 bits per heavy atom. The van der Waals surface area contributed by atoms with E-state index >= 15 is 0 Å². The van der Waals surface area contributed by atoms with E-state index in [1.54, 1.807) is 6.20 Å². The number of thioether (sulfide) groups is 1. The number of nitrogens with zero attached hydrogens (tertiary/aromatic N) is 2. The van der Waals surface area contributed by atoms with Crippen LogP contribution >= 0.6 is 35.7 Å². The highest BCUT2D eigenvalue weighted by molar-refractivity contribution is 14.0. The van der Waals surface area contributed by atoms with Crippen LogP contribution in [0.5, 0.6) is 0 Å². The zero-order chi connectivity index (χ0) is 11.8. The highest BCUT2D eigenvalue weighted by Crippen LogP contribution is 2.07. The maximum absolute atomic E-state index is 5.71. The van der Waals surface area contributed by atoms with Gasteiger partial charge in [-0.1, -0.05) is 19.9 Å². The third kappa shape index (κ3) is 8.25. The third-order valence-electron chi connectivity index (χ3n) is 1.75. The first-order valence-corrected chi connectivity index (χ1v) is 6.33. The summed E-state index contributed by atoms with van der Waals surface area (Å²) in [6.45, 7) is 5.07. The van der Waals surface area contributed by atoms with E-state index in [2.05, 4.69) is 29.1 Å². The third-order valence-corrected chi connectivity index (χ3v) is 2.83. The summed E-state index contributed by atoms with van der Waals surface area (Å²) < 4.78 is 0. The monoisotopic (exact) mass is 366 g/mol. The number of rotatable bonds is 5. The first-order chi connectivity index (χ1) is 7.68. The number of guanidine groups is 1. The predicted molar refractivity (Wildman–Crippen MR) is 87.4 cm³/mol. The van der Waals surface area contributed by atoms with Crippen LogP contribution in [-0.4, -0.2) is 28.5 Å². The molecule has 0 atom stereocenters. The van der Waals surface area contributed by atoms with Crippen LogP contribution in [0.4, 0.5) is 5.82 Å². The molecule has 1 aromatic rings. The van der Waals surface area contributed by atoms with E-state index in [-0.39, 0.29) is 24.0 Å². The van der Waals surface area contributed by atoms with Crippen LogP contribution in [0, 0.1) is 0 Å². The van der Waals surface area contributed by atoms with Crippen LogP contribution < -0.4 is 11.1 Å². The molecule has 0 aliphatic rings. The number of pyridine rings is 1. The minimum Gasteiger partial charge on any atom is -0.370 e. The molecule has 0 saturated heterocycles. The van der Waals surface area contributed by atoms with Crippen LogP contribution in [0.1, 0.15) is 13.8 Å². The predicted octanol–water partition coefficient (Wildman–Crippen LogP) is 2.57. The fourth-order valence-electron chi connectivity index (χ4n) is 1.06. The second-order valence-electron chi connectivity index (χ2n) is 3.53. The number of anilines is 1. The Kier molecular flexibility index (Phi) is 9.24. The zero-order valence-electron chi connectivity index (χ0n) is 10.1. The summed E-state index contributed by atoms with van der Waals surface area (Å²) in [6.07, 6.45) is 1.71. The average molecular weight is 366 g/mol. The molecule has 0 fully saturated rings. The maximum Gasteiger partial charge on any atom is 0.194 e. The van der Waals surface area contributed by atoms with Crippen molar-refractivity contribution in [2.75, 3.05) is 17.6 Å². The second kappa shape index (κ2) is 9.52. The van der Waals surface area contributed by atoms with E-state index in [1.807, 2.05) is 30.0 Å². The first-order valence-electron chi connectivity index (χ1n) is 5.28. The summed E-state index contributed by atoms with van der Waals surface area (Å²) in [5.74, 6) is 2.13. The topological polar surface area (TPSA) is 63.3 Å². The van der Waals surface area contributed by atoms with Crippen LogP contribution in [0.3, 0.4) is 0 Å². The Morgan fingerprint density at radius 2 is 2.29 bits per heavy atom. The normalized spacial score (nSPS) is 11.1. The number of hydrogen-bond acceptors (Lipinski definition) is 3. The number of nitrogens with one attached hydrogen (secondary N) is 1. The summed E-state index contributed by atoms with van der Waals surface area (Å²) in [5.41, 5.74) is 5.71. The second-order valence-corrected chi connectivity index (χ2v) is 5.21. The lowest BCUT2D eigenvalue weighted by molar-refractivity contribution is 1.08. The molecular weight excluding hydrogens is 347 g/mol. The van der Waals surface area contributed by atoms with Crippen molar-refractivity contribution in [2.24, 2.45) is 10.7 Å². The van der Waals surface area contributed by atoms with Crippen molar-refractivity contribution in [3.05, 3.63) is 24.4 Å². The SMILES string of the molecule is CC(C)SCCN=C(N)Nc1ccccn1.I. The van der Waals surface area contributed by atoms with E-state index in [9.17, 15) is 0 Å². The Hall–Kier alpha value is -0.500. The fraction of sp³-hybridized carbons (Fsp3) is 0.455. The molecule has 17 heavy (non-hydrogen) atoms. The number of hydrogen-bond donors (Lipinski definition) is 2. The van der Waals surface area contributed by atoms with E-state index in [4.69, 9.17) is 5.73 Å². The molecule has 0 bridgehead atoms. The van der Waals surface area contributed by atoms with Gasteiger partial charge in [-0.2, -0.15) is 11.8 Å². The number of halogens is 1. The molecule has 4 nitrogen and oxygen atoms in total. The summed E-state index contributed by atoms with van der Waals surface area (Å²) >= 11 is 1.87. The van der Waals surface area contributed by atoms with E-state index < -0.39 is 0 Å². The molecule has 1 rings (SSSR count). The van der Waals surface area contributed by atoms with Gasteiger partial charge in [-0.3, -0.25) is 4.99 Å². The van der Waals surface area contributed by atoms with Crippen LogP contribution in [0.25, 0.3) is 0 Å². The zero-order valence-corrected chi connectivity index (χ0v) is 13.2. The summed E-state index contributed by atoms with van der Waals surface area (Å²) in [7, 11) is 0. The highest BCUT2D eigenvalue weighted by Gasteiger charge is 1.95. The van der Waals surface area contributed by atoms with Crippen molar-refractivity contribution in [2.45, 2.75) is 19.1 Å². The van der Waals surface area contributed by atoms with E-state index in [1.165, 1.54) is 0 Å². The maximum atomic E-state index is 5.71. The van der Waals surface area contributed by atoms with Crippen molar-refractivity contribution in [1.82, 2.24) is 4.98 Å². The van der Waals surface area contributed by atoms with Crippen molar-refractivity contribution in [1.29, 1.82) is 0 Å². The molecule has 0 unspecified atom stereocenters. The minimum atomic E-state index is 0. The van der Waals surface area contributed by atoms with Gasteiger partial charge < -0.3 is 11.1 Å². The lowest BCUT2D eigenvalue weighted by Gasteiger charge is -2.05. The average Bonchev–Trinajstić information content (AvgIpc) is 2.25. The van der Waals surface area contributed by atoms with Crippen molar-refractivity contribution in [3.8, 4) is 0 Å². The van der Waals surface area contributed by atoms with Gasteiger partial charge in [0.1, 0.15) is 5.82 Å². The quantitative estimate of drug-likeness (QED) is 0.364. The van der Waals surface area contributed by atoms with Gasteiger partial charge in [-0.15, -0.1) is 24.0 Å². The molecule has 3 N–H and O–H groups in total. The molecule has 0 aliphatic carbocycles. The van der Waals surface area contributed by atoms with Gasteiger partial charge in [-0.25, -0.2) is 4.98 Å². The fourth-order valence-corrected chi connectivity index (χ4v) is 1.73. The molecule has 0 radical (unpaired) electrons. The summed E-state index contributed by atoms with van der Waals surface area (Å²) in [4.78, 5) is 8.31. The molecule has 0 amide bonds. The van der Waals surface area contributed by atoms with Gasteiger partial charge in [0.05, 0.1) is 6.54 Å². The van der Waals surface area contributed by atoms with Crippen LogP contribution in [0.2, 0.25) is 0 Å². The van der Waals surface area contributed by atoms with Crippen molar-refractivity contribution < 1.29 is 0 Å². The molecule has 0 aromatic carbocycles. The van der Waals surface area contributed by atoms with Crippen molar-refractivity contribution in [3.63, 3.8) is 0 Å². The lowest BCUT2D eigenvalue weighted by atomic mass is 10.5. The Bertz CT molecular complexity index is 330. The molecule has 0 saturated carbocycles. The lowest BCUT2D eigenvalue weighted by Crippen LogP contribution is -2.23. The molecule has 6 heteroatoms. The standard InChI is InChI=1S/C11H18N4S.HI/c1-9(2)16-8-7-14-11(12)15-10-5-3-4-6-13-10;/h3-6,9H,7-8H2,1-2H3,(H3,12,13,14,15);1H. The van der Waals surface area contributed by atoms with Crippen LogP contribution in [0.15, 0.2) is 29.4 Å². The highest BCUT2D eigenvalue weighted by atomic mass is 127. The molecule has 1 aromatic heterocycles. The molecule has 0 spiro atoms. The van der Waals surface area contributed by atoms with Gasteiger partial charge in [0.25, 0.3) is 0 Å². The van der Waals surface area contributed by atoms with Gasteiger partial charge in [-0.05, 0) is 17.4 Å². The minimum absolute atomic E-state index is 0. The number of nitrogens with two attached hydrogens (primary N) is 1. The molecule has 1 heterocycles. The largest absolute Gasteiger partial charge is 0.370 e. The molecule has 0 aliphatic heterocycles. The van der Waals surface area contributed by atoms with E-state index in [0.717, 1.165) is 18.1 Å². The summed E-state index contributed by atoms with van der Waals surface area (Å²) in [6, 6.07) is 5.61. The van der Waals surface area contributed by atoms with Gasteiger partial charge in [0, 0.05) is 11.9 Å². The smallest absolute Gasteiger partial charge is 0.194 e. The molecular formula is C11H19IN4S. The first kappa shape index (κ1) is 16.5. The van der Waals surface area contributed by atoms with Gasteiger partial charge in [0.2, 0.25) is 0 Å². The van der Waals surface area contributed by atoms with Crippen molar-refractivity contribution >= 4 is 47.5 Å². The van der Waals surface area contributed by atoms with E-state index in [0.29, 0.717) is 11.2 Å². The Labute approximate surface area is 124 Å². The van der Waals surface area contributed by atoms with Gasteiger partial charge >= 0.3 is 0 Å². The number of aliphatic imine (C=N–C) groups is 1. The Balaban J connectivity index is 0.00000256. The van der Waals surface area contributed by atoms with Gasteiger partial charge in [0.15, 0.2) is 5.96 Å². The summed E-state index contributed by atoms with van der Waals surface area (Å²) in [5, 5.41) is 3.58.